The Morgan fingerprint density at radius 1 is 1.88 bits per heavy atom. The molecule has 0 saturated heterocycles. The predicted octanol–water partition coefficient (Wildman–Crippen LogP) is 1.97. The molecular weight excluding hydrogens is 164 g/mol. The van der Waals surface area contributed by atoms with Crippen molar-refractivity contribution in [1.82, 2.24) is 0 Å². The summed E-state index contributed by atoms with van der Waals surface area (Å²) in [6.45, 7) is 3.61. The molecule has 0 aliphatic heterocycles. The predicted molar refractivity (Wildman–Crippen MR) is 42.5 cm³/mol. The molecule has 0 radical (unpaired) electrons. The number of halogens is 1. The number of ether oxygens (including phenoxy) is 1. The van der Waals surface area contributed by atoms with E-state index in [1.807, 2.05) is 0 Å². The zero-order valence-electron chi connectivity index (χ0n) is 4.06. The first-order valence-electron chi connectivity index (χ1n) is 1.82. The second-order valence-corrected chi connectivity index (χ2v) is 2.69. The van der Waals surface area contributed by atoms with Gasteiger partial charge in [-0.1, -0.05) is 30.8 Å². The topological polar surface area (TPSA) is 9.23 Å². The van der Waals surface area contributed by atoms with E-state index in [-0.39, 0.29) is 11.0 Å². The molecule has 0 unspecified atom stereocenters. The molecule has 0 N–H and O–H groups in total. The fraction of sp³-hybridized carbons (Fsp3) is 0.250. The maximum absolute atomic E-state index is 5.31. The first kappa shape index (κ1) is 8.27. The number of hydrogen-bond donors (Lipinski definition) is 1. The maximum atomic E-state index is 5.31. The zero-order valence-corrected chi connectivity index (χ0v) is 6.52. The Morgan fingerprint density at radius 3 is 2.50 bits per heavy atom. The van der Waals surface area contributed by atoms with Gasteiger partial charge in [0.1, 0.15) is 6.61 Å². The highest BCUT2D eigenvalue weighted by Gasteiger charge is 1.88. The van der Waals surface area contributed by atoms with Crippen molar-refractivity contribution in [2.75, 3.05) is 6.61 Å². The van der Waals surface area contributed by atoms with Gasteiger partial charge in [0.15, 0.2) is 0 Å². The molecule has 8 heavy (non-hydrogen) atoms. The van der Waals surface area contributed by atoms with Crippen molar-refractivity contribution in [1.29, 1.82) is 0 Å². The molecule has 0 atom stereocenters. The lowest BCUT2D eigenvalue weighted by molar-refractivity contribution is 0.367. The molecule has 0 saturated carbocycles. The van der Waals surface area contributed by atoms with Gasteiger partial charge in [-0.15, -0.1) is 0 Å². The molecule has 0 amide bonds. The molecule has 0 spiro atoms. The third-order valence-corrected chi connectivity index (χ3v) is 0.708. The molecule has 46 valence electrons. The first-order valence-corrected chi connectivity index (χ1v) is 3.05. The van der Waals surface area contributed by atoms with E-state index in [1.165, 1.54) is 0 Å². The van der Waals surface area contributed by atoms with Gasteiger partial charge >= 0.3 is 0 Å². The lowest BCUT2D eigenvalue weighted by Crippen LogP contribution is -1.94. The van der Waals surface area contributed by atoms with Crippen LogP contribution < -0.4 is 0 Å². The van der Waals surface area contributed by atoms with Gasteiger partial charge in [0.25, 0.3) is 0 Å². The molecule has 1 nitrogen and oxygen atoms in total. The van der Waals surface area contributed by atoms with Crippen molar-refractivity contribution >= 4 is 40.8 Å². The van der Waals surface area contributed by atoms with Gasteiger partial charge in [-0.25, -0.2) is 0 Å². The third kappa shape index (κ3) is 6.27. The van der Waals surface area contributed by atoms with E-state index in [0.29, 0.717) is 5.03 Å². The molecular formula is C4H5ClOS2. The Kier molecular flexibility index (Phi) is 4.32. The van der Waals surface area contributed by atoms with Crippen LogP contribution in [-0.4, -0.2) is 11.0 Å². The highest BCUT2D eigenvalue weighted by molar-refractivity contribution is 8.10. The lowest BCUT2D eigenvalue weighted by atomic mass is 10.7. The van der Waals surface area contributed by atoms with E-state index in [9.17, 15) is 0 Å². The molecule has 0 aromatic rings. The Morgan fingerprint density at radius 2 is 2.38 bits per heavy atom. The van der Waals surface area contributed by atoms with Gasteiger partial charge < -0.3 is 4.74 Å². The maximum Gasteiger partial charge on any atom is 0.217 e. The van der Waals surface area contributed by atoms with Gasteiger partial charge in [0.2, 0.25) is 4.38 Å². The Labute approximate surface area is 64.1 Å². The van der Waals surface area contributed by atoms with Crippen LogP contribution in [0.15, 0.2) is 11.6 Å². The fourth-order valence-electron chi connectivity index (χ4n) is 0.140. The van der Waals surface area contributed by atoms with E-state index in [2.05, 4.69) is 36.2 Å². The number of thiol groups is 1. The summed E-state index contributed by atoms with van der Waals surface area (Å²) < 4.78 is 4.85. The van der Waals surface area contributed by atoms with E-state index < -0.39 is 0 Å². The van der Waals surface area contributed by atoms with Crippen molar-refractivity contribution in [3.05, 3.63) is 11.6 Å². The summed E-state index contributed by atoms with van der Waals surface area (Å²) >= 11 is 13.4. The normalized spacial score (nSPS) is 8.25. The van der Waals surface area contributed by atoms with Crippen molar-refractivity contribution in [2.45, 2.75) is 0 Å². The van der Waals surface area contributed by atoms with E-state index in [1.54, 1.807) is 0 Å². The molecule has 0 rings (SSSR count). The molecule has 0 aromatic carbocycles. The second-order valence-electron chi connectivity index (χ2n) is 1.07. The van der Waals surface area contributed by atoms with Gasteiger partial charge in [0.05, 0.1) is 0 Å². The molecule has 0 bridgehead atoms. The van der Waals surface area contributed by atoms with Crippen LogP contribution in [0.4, 0.5) is 0 Å². The van der Waals surface area contributed by atoms with Crippen LogP contribution in [0.25, 0.3) is 0 Å². The number of rotatable bonds is 2. The molecule has 0 aromatic heterocycles. The van der Waals surface area contributed by atoms with Crippen LogP contribution in [0.2, 0.25) is 0 Å². The average molecular weight is 169 g/mol. The largest absolute Gasteiger partial charge is 0.473 e. The first-order chi connectivity index (χ1) is 3.63. The Hall–Kier alpha value is 0.270. The minimum Gasteiger partial charge on any atom is -0.473 e. The summed E-state index contributed by atoms with van der Waals surface area (Å²) in [4.78, 5) is 0. The smallest absolute Gasteiger partial charge is 0.217 e. The summed E-state index contributed by atoms with van der Waals surface area (Å²) in [5.74, 6) is 0. The second kappa shape index (κ2) is 4.18. The van der Waals surface area contributed by atoms with Crippen molar-refractivity contribution in [3.8, 4) is 0 Å². The van der Waals surface area contributed by atoms with Gasteiger partial charge in [-0.05, 0) is 12.2 Å². The molecule has 0 fully saturated rings. The zero-order chi connectivity index (χ0) is 6.57. The summed E-state index contributed by atoms with van der Waals surface area (Å²) in [5, 5.41) is 0.418. The molecule has 0 aliphatic carbocycles. The standard InChI is InChI=1S/C4H5ClOS2/c1-3(5)2-6-4(7)8/h1-2H2,(H,7,8). The Balaban J connectivity index is 3.18. The van der Waals surface area contributed by atoms with Gasteiger partial charge in [-0.2, -0.15) is 0 Å². The SMILES string of the molecule is C=C(Cl)COC(=S)S. The number of hydrogen-bond acceptors (Lipinski definition) is 2. The van der Waals surface area contributed by atoms with E-state index in [0.717, 1.165) is 0 Å². The summed E-state index contributed by atoms with van der Waals surface area (Å²) in [5.41, 5.74) is 0. The summed E-state index contributed by atoms with van der Waals surface area (Å²) in [6.07, 6.45) is 0. The Bertz CT molecular complexity index is 98.6. The van der Waals surface area contributed by atoms with E-state index in [4.69, 9.17) is 11.6 Å². The quantitative estimate of drug-likeness (QED) is 0.499. The van der Waals surface area contributed by atoms with Crippen LogP contribution in [0.1, 0.15) is 0 Å². The summed E-state index contributed by atoms with van der Waals surface area (Å²) in [7, 11) is 0. The van der Waals surface area contributed by atoms with E-state index >= 15 is 0 Å². The minimum atomic E-state index is 0.187. The van der Waals surface area contributed by atoms with Crippen LogP contribution >= 0.6 is 36.4 Å². The van der Waals surface area contributed by atoms with Gasteiger partial charge in [0, 0.05) is 5.03 Å². The molecule has 0 aliphatic rings. The highest BCUT2D eigenvalue weighted by atomic mass is 35.5. The van der Waals surface area contributed by atoms with Crippen molar-refractivity contribution in [3.63, 3.8) is 0 Å². The monoisotopic (exact) mass is 168 g/mol. The van der Waals surface area contributed by atoms with Crippen LogP contribution in [0, 0.1) is 0 Å². The fourth-order valence-corrected chi connectivity index (χ4v) is 0.318. The lowest BCUT2D eigenvalue weighted by Gasteiger charge is -1.97. The van der Waals surface area contributed by atoms with Crippen LogP contribution in [0.5, 0.6) is 0 Å². The van der Waals surface area contributed by atoms with Crippen LogP contribution in [-0.2, 0) is 4.74 Å². The van der Waals surface area contributed by atoms with Crippen LogP contribution in [0.3, 0.4) is 0 Å². The van der Waals surface area contributed by atoms with Gasteiger partial charge in [-0.3, -0.25) is 0 Å². The highest BCUT2D eigenvalue weighted by Crippen LogP contribution is 1.98. The van der Waals surface area contributed by atoms with Crippen molar-refractivity contribution in [2.24, 2.45) is 0 Å². The van der Waals surface area contributed by atoms with Crippen molar-refractivity contribution < 1.29 is 4.74 Å². The number of thiocarbonyl (C=S) groups is 1. The summed E-state index contributed by atoms with van der Waals surface area (Å²) in [6, 6.07) is 0. The third-order valence-electron chi connectivity index (χ3n) is 0.352. The molecule has 4 heteroatoms. The minimum absolute atomic E-state index is 0.187. The average Bonchev–Trinajstić information content (AvgIpc) is 1.61. The molecule has 0 heterocycles.